The number of fused-ring (bicyclic) bond motifs is 4. The average Bonchev–Trinajstić information content (AvgIpc) is 3.11. The predicted octanol–water partition coefficient (Wildman–Crippen LogP) is 2.24. The molecule has 5 rings (SSSR count). The van der Waals surface area contributed by atoms with E-state index in [-0.39, 0.29) is 0 Å². The normalized spacial score (nSPS) is 14.3. The molecule has 0 aliphatic carbocycles. The maximum Gasteiger partial charge on any atom is 0.222 e. The van der Waals surface area contributed by atoms with Crippen molar-refractivity contribution in [2.75, 3.05) is 11.4 Å². The van der Waals surface area contributed by atoms with Crippen molar-refractivity contribution in [3.8, 4) is 0 Å². The van der Waals surface area contributed by atoms with Gasteiger partial charge >= 0.3 is 0 Å². The third kappa shape index (κ3) is 1.88. The summed E-state index contributed by atoms with van der Waals surface area (Å²) in [5.74, 6) is 0.850. The fourth-order valence-corrected chi connectivity index (χ4v) is 3.28. The second-order valence-corrected chi connectivity index (χ2v) is 5.78. The lowest BCUT2D eigenvalue weighted by atomic mass is 10.00. The van der Waals surface area contributed by atoms with E-state index >= 15 is 0 Å². The highest BCUT2D eigenvalue weighted by atomic mass is 15.5. The largest absolute Gasteiger partial charge is 0.349 e. The SMILES string of the molecule is c1ccc2c(c1)CCN(c1nc3ccccc3n3nnnc13)C2. The minimum atomic E-state index is 0.711. The zero-order valence-corrected chi connectivity index (χ0v) is 12.4. The Morgan fingerprint density at radius 1 is 0.913 bits per heavy atom. The first kappa shape index (κ1) is 12.5. The van der Waals surface area contributed by atoms with Crippen LogP contribution >= 0.6 is 0 Å². The van der Waals surface area contributed by atoms with Gasteiger partial charge in [0, 0.05) is 13.1 Å². The first-order valence-corrected chi connectivity index (χ1v) is 7.69. The van der Waals surface area contributed by atoms with Gasteiger partial charge in [0.2, 0.25) is 5.65 Å². The fraction of sp³-hybridized carbons (Fsp3) is 0.176. The second-order valence-electron chi connectivity index (χ2n) is 5.78. The van der Waals surface area contributed by atoms with Crippen LogP contribution in [0.25, 0.3) is 16.7 Å². The Morgan fingerprint density at radius 2 is 1.74 bits per heavy atom. The number of rotatable bonds is 1. The smallest absolute Gasteiger partial charge is 0.222 e. The van der Waals surface area contributed by atoms with E-state index in [4.69, 9.17) is 4.98 Å². The number of anilines is 1. The van der Waals surface area contributed by atoms with E-state index in [1.165, 1.54) is 11.1 Å². The summed E-state index contributed by atoms with van der Waals surface area (Å²) >= 11 is 0. The van der Waals surface area contributed by atoms with Gasteiger partial charge in [-0.25, -0.2) is 4.98 Å². The summed E-state index contributed by atoms with van der Waals surface area (Å²) in [5.41, 5.74) is 5.30. The molecule has 0 amide bonds. The molecule has 2 aromatic heterocycles. The highest BCUT2D eigenvalue weighted by Gasteiger charge is 2.21. The molecule has 0 saturated heterocycles. The molecule has 6 heteroatoms. The summed E-state index contributed by atoms with van der Waals surface area (Å²) in [4.78, 5) is 7.10. The van der Waals surface area contributed by atoms with Crippen molar-refractivity contribution in [1.82, 2.24) is 25.0 Å². The highest BCUT2D eigenvalue weighted by molar-refractivity contribution is 5.82. The van der Waals surface area contributed by atoms with E-state index in [1.54, 1.807) is 4.52 Å². The monoisotopic (exact) mass is 302 g/mol. The number of hydrogen-bond donors (Lipinski definition) is 0. The van der Waals surface area contributed by atoms with E-state index in [1.807, 2.05) is 24.3 Å². The van der Waals surface area contributed by atoms with Crippen LogP contribution in [0.5, 0.6) is 0 Å². The number of tetrazole rings is 1. The summed E-state index contributed by atoms with van der Waals surface area (Å²) in [7, 11) is 0. The molecule has 1 aliphatic heterocycles. The van der Waals surface area contributed by atoms with Gasteiger partial charge < -0.3 is 4.90 Å². The number of nitrogens with zero attached hydrogens (tertiary/aromatic N) is 6. The molecule has 4 aromatic rings. The molecule has 0 atom stereocenters. The van der Waals surface area contributed by atoms with Crippen LogP contribution in [0, 0.1) is 0 Å². The van der Waals surface area contributed by atoms with Crippen LogP contribution in [0.2, 0.25) is 0 Å². The molecule has 0 N–H and O–H groups in total. The third-order valence-corrected chi connectivity index (χ3v) is 4.44. The summed E-state index contributed by atoms with van der Waals surface area (Å²) < 4.78 is 1.78. The van der Waals surface area contributed by atoms with E-state index in [0.29, 0.717) is 5.65 Å². The summed E-state index contributed by atoms with van der Waals surface area (Å²) in [5, 5.41) is 12.2. The van der Waals surface area contributed by atoms with E-state index < -0.39 is 0 Å². The van der Waals surface area contributed by atoms with Crippen LogP contribution < -0.4 is 4.90 Å². The molecule has 0 saturated carbocycles. The van der Waals surface area contributed by atoms with Gasteiger partial charge in [-0.3, -0.25) is 0 Å². The lowest BCUT2D eigenvalue weighted by Gasteiger charge is -2.29. The molecule has 112 valence electrons. The molecule has 23 heavy (non-hydrogen) atoms. The summed E-state index contributed by atoms with van der Waals surface area (Å²) in [6.07, 6.45) is 1.01. The van der Waals surface area contributed by atoms with E-state index in [9.17, 15) is 0 Å². The van der Waals surface area contributed by atoms with Gasteiger partial charge in [0.25, 0.3) is 0 Å². The zero-order valence-electron chi connectivity index (χ0n) is 12.4. The summed E-state index contributed by atoms with van der Waals surface area (Å²) in [6.45, 7) is 1.76. The van der Waals surface area contributed by atoms with E-state index in [0.717, 1.165) is 36.4 Å². The van der Waals surface area contributed by atoms with Crippen LogP contribution in [0.4, 0.5) is 5.82 Å². The third-order valence-electron chi connectivity index (χ3n) is 4.44. The number of aromatic nitrogens is 5. The van der Waals surface area contributed by atoms with Gasteiger partial charge in [0.15, 0.2) is 5.82 Å². The first-order chi connectivity index (χ1) is 11.4. The van der Waals surface area contributed by atoms with E-state index in [2.05, 4.69) is 44.7 Å². The Labute approximate surface area is 132 Å². The maximum atomic E-state index is 4.83. The molecule has 0 radical (unpaired) electrons. The Balaban J connectivity index is 1.69. The van der Waals surface area contributed by atoms with Crippen LogP contribution in [0.15, 0.2) is 48.5 Å². The second kappa shape index (κ2) is 4.74. The Kier molecular flexibility index (Phi) is 2.58. The van der Waals surface area contributed by atoms with Crippen LogP contribution in [-0.4, -0.2) is 31.6 Å². The predicted molar refractivity (Wildman–Crippen MR) is 87.3 cm³/mol. The topological polar surface area (TPSA) is 59.2 Å². The number of benzene rings is 2. The van der Waals surface area contributed by atoms with Gasteiger partial charge in [0.1, 0.15) is 0 Å². The van der Waals surface area contributed by atoms with Gasteiger partial charge in [-0.2, -0.15) is 4.52 Å². The molecule has 0 spiro atoms. The lowest BCUT2D eigenvalue weighted by molar-refractivity contribution is 0.722. The van der Waals surface area contributed by atoms with Crippen molar-refractivity contribution in [3.63, 3.8) is 0 Å². The van der Waals surface area contributed by atoms with Crippen molar-refractivity contribution in [2.24, 2.45) is 0 Å². The first-order valence-electron chi connectivity index (χ1n) is 7.69. The highest BCUT2D eigenvalue weighted by Crippen LogP contribution is 2.27. The average molecular weight is 302 g/mol. The molecule has 6 nitrogen and oxygen atoms in total. The van der Waals surface area contributed by atoms with Crippen LogP contribution in [0.1, 0.15) is 11.1 Å². The quantitative estimate of drug-likeness (QED) is 0.539. The van der Waals surface area contributed by atoms with Crippen LogP contribution in [-0.2, 0) is 13.0 Å². The minimum Gasteiger partial charge on any atom is -0.349 e. The standard InChI is InChI=1S/C17H14N6/c1-2-6-13-11-22(10-9-12(13)5-1)16-17-19-20-21-23(17)15-8-4-3-7-14(15)18-16/h1-8H,9-11H2. The van der Waals surface area contributed by atoms with Crippen molar-refractivity contribution >= 4 is 22.5 Å². The molecule has 1 aliphatic rings. The Hall–Kier alpha value is -3.02. The van der Waals surface area contributed by atoms with Crippen molar-refractivity contribution in [2.45, 2.75) is 13.0 Å². The molecule has 3 heterocycles. The number of para-hydroxylation sites is 2. The van der Waals surface area contributed by atoms with Gasteiger partial charge in [0.05, 0.1) is 11.0 Å². The zero-order chi connectivity index (χ0) is 15.2. The van der Waals surface area contributed by atoms with Crippen molar-refractivity contribution < 1.29 is 0 Å². The molecule has 0 fully saturated rings. The summed E-state index contributed by atoms with van der Waals surface area (Å²) in [6, 6.07) is 16.5. The maximum absolute atomic E-state index is 4.83. The number of hydrogen-bond acceptors (Lipinski definition) is 5. The molecule has 0 unspecified atom stereocenters. The molecular formula is C17H14N6. The van der Waals surface area contributed by atoms with Crippen molar-refractivity contribution in [3.05, 3.63) is 59.7 Å². The minimum absolute atomic E-state index is 0.711. The molecule has 2 aromatic carbocycles. The Bertz CT molecular complexity index is 1020. The molecular weight excluding hydrogens is 288 g/mol. The van der Waals surface area contributed by atoms with Gasteiger partial charge in [-0.15, -0.1) is 5.10 Å². The van der Waals surface area contributed by atoms with Gasteiger partial charge in [-0.1, -0.05) is 36.4 Å². The molecule has 0 bridgehead atoms. The van der Waals surface area contributed by atoms with Crippen molar-refractivity contribution in [1.29, 1.82) is 0 Å². The fourth-order valence-electron chi connectivity index (χ4n) is 3.28. The lowest BCUT2D eigenvalue weighted by Crippen LogP contribution is -2.31. The Morgan fingerprint density at radius 3 is 2.70 bits per heavy atom. The van der Waals surface area contributed by atoms with Gasteiger partial charge in [-0.05, 0) is 40.1 Å². The van der Waals surface area contributed by atoms with Crippen LogP contribution in [0.3, 0.4) is 0 Å².